The Morgan fingerprint density at radius 3 is 2.94 bits per heavy atom. The van der Waals surface area contributed by atoms with Crippen molar-refractivity contribution in [3.05, 3.63) is 28.5 Å². The standard InChI is InChI=1S/C14H18ClN3/c1-9-11(15)5-6-12-14(9)17-13(18(12)2)7-8-16-10-3-4-10/h5-6,10,16H,3-4,7-8H2,1-2H3. The van der Waals surface area contributed by atoms with E-state index in [1.165, 1.54) is 18.4 Å². The van der Waals surface area contributed by atoms with Crippen LogP contribution in [0.1, 0.15) is 24.2 Å². The smallest absolute Gasteiger partial charge is 0.110 e. The first kappa shape index (κ1) is 12.0. The molecule has 0 aliphatic heterocycles. The summed E-state index contributed by atoms with van der Waals surface area (Å²) in [5.74, 6) is 1.13. The van der Waals surface area contributed by atoms with Crippen LogP contribution in [0.15, 0.2) is 12.1 Å². The molecular weight excluding hydrogens is 246 g/mol. The third-order valence-corrected chi connectivity index (χ3v) is 4.10. The maximum absolute atomic E-state index is 6.14. The number of aromatic nitrogens is 2. The topological polar surface area (TPSA) is 29.9 Å². The van der Waals surface area contributed by atoms with Gasteiger partial charge in [-0.3, -0.25) is 0 Å². The molecule has 1 aliphatic rings. The molecule has 0 spiro atoms. The molecule has 0 radical (unpaired) electrons. The first-order chi connectivity index (χ1) is 8.66. The van der Waals surface area contributed by atoms with Crippen LogP contribution in [0.5, 0.6) is 0 Å². The largest absolute Gasteiger partial charge is 0.331 e. The zero-order chi connectivity index (χ0) is 12.7. The molecule has 1 N–H and O–H groups in total. The molecule has 1 aliphatic carbocycles. The molecule has 18 heavy (non-hydrogen) atoms. The number of rotatable bonds is 4. The lowest BCUT2D eigenvalue weighted by Crippen LogP contribution is -2.20. The van der Waals surface area contributed by atoms with Gasteiger partial charge in [-0.2, -0.15) is 0 Å². The van der Waals surface area contributed by atoms with Gasteiger partial charge in [0.15, 0.2) is 0 Å². The summed E-state index contributed by atoms with van der Waals surface area (Å²) in [6, 6.07) is 4.76. The molecule has 0 unspecified atom stereocenters. The van der Waals surface area contributed by atoms with Gasteiger partial charge in [-0.25, -0.2) is 4.98 Å². The van der Waals surface area contributed by atoms with Crippen LogP contribution in [0.3, 0.4) is 0 Å². The van der Waals surface area contributed by atoms with Gasteiger partial charge in [0.1, 0.15) is 5.82 Å². The monoisotopic (exact) mass is 263 g/mol. The first-order valence-electron chi connectivity index (χ1n) is 6.50. The summed E-state index contributed by atoms with van der Waals surface area (Å²) in [5.41, 5.74) is 3.27. The normalized spacial score (nSPS) is 15.5. The minimum absolute atomic E-state index is 0.760. The fourth-order valence-corrected chi connectivity index (χ4v) is 2.47. The summed E-state index contributed by atoms with van der Waals surface area (Å²) in [4.78, 5) is 4.73. The van der Waals surface area contributed by atoms with Crippen molar-refractivity contribution in [3.63, 3.8) is 0 Å². The summed E-state index contributed by atoms with van der Waals surface area (Å²) in [6.45, 7) is 3.04. The molecule has 0 amide bonds. The van der Waals surface area contributed by atoms with Crippen LogP contribution in [0.2, 0.25) is 5.02 Å². The Kier molecular flexibility index (Phi) is 3.04. The van der Waals surface area contributed by atoms with E-state index in [4.69, 9.17) is 16.6 Å². The number of fused-ring (bicyclic) bond motifs is 1. The van der Waals surface area contributed by atoms with E-state index >= 15 is 0 Å². The van der Waals surface area contributed by atoms with Crippen molar-refractivity contribution in [2.45, 2.75) is 32.2 Å². The molecule has 3 rings (SSSR count). The maximum atomic E-state index is 6.14. The van der Waals surface area contributed by atoms with Crippen molar-refractivity contribution < 1.29 is 0 Å². The molecule has 0 saturated heterocycles. The number of halogens is 1. The van der Waals surface area contributed by atoms with E-state index in [9.17, 15) is 0 Å². The highest BCUT2D eigenvalue weighted by Crippen LogP contribution is 2.25. The maximum Gasteiger partial charge on any atom is 0.110 e. The Hall–Kier alpha value is -1.06. The Balaban J connectivity index is 1.87. The van der Waals surface area contributed by atoms with Crippen molar-refractivity contribution in [1.82, 2.24) is 14.9 Å². The van der Waals surface area contributed by atoms with Crippen LogP contribution < -0.4 is 5.32 Å². The third kappa shape index (κ3) is 2.13. The van der Waals surface area contributed by atoms with Crippen molar-refractivity contribution in [2.24, 2.45) is 7.05 Å². The lowest BCUT2D eigenvalue weighted by molar-refractivity contribution is 0.654. The lowest BCUT2D eigenvalue weighted by Gasteiger charge is -2.03. The fraction of sp³-hybridized carbons (Fsp3) is 0.500. The molecule has 2 aromatic rings. The van der Waals surface area contributed by atoms with Gasteiger partial charge in [0.05, 0.1) is 11.0 Å². The van der Waals surface area contributed by atoms with E-state index in [2.05, 4.69) is 23.0 Å². The van der Waals surface area contributed by atoms with Gasteiger partial charge in [0.25, 0.3) is 0 Å². The van der Waals surface area contributed by atoms with Gasteiger partial charge in [-0.1, -0.05) is 11.6 Å². The zero-order valence-corrected chi connectivity index (χ0v) is 11.6. The number of benzene rings is 1. The minimum Gasteiger partial charge on any atom is -0.331 e. The fourth-order valence-electron chi connectivity index (χ4n) is 2.32. The molecule has 0 bridgehead atoms. The van der Waals surface area contributed by atoms with E-state index in [1.807, 2.05) is 13.0 Å². The van der Waals surface area contributed by atoms with E-state index in [-0.39, 0.29) is 0 Å². The second-order valence-electron chi connectivity index (χ2n) is 5.11. The number of hydrogen-bond acceptors (Lipinski definition) is 2. The second-order valence-corrected chi connectivity index (χ2v) is 5.51. The van der Waals surface area contributed by atoms with Crippen LogP contribution >= 0.6 is 11.6 Å². The Morgan fingerprint density at radius 2 is 2.22 bits per heavy atom. The average molecular weight is 264 g/mol. The first-order valence-corrected chi connectivity index (χ1v) is 6.88. The Labute approximate surface area is 112 Å². The van der Waals surface area contributed by atoms with E-state index in [1.54, 1.807) is 0 Å². The van der Waals surface area contributed by atoms with Crippen molar-refractivity contribution in [2.75, 3.05) is 6.54 Å². The van der Waals surface area contributed by atoms with E-state index in [0.29, 0.717) is 0 Å². The van der Waals surface area contributed by atoms with Crippen LogP contribution in [-0.2, 0) is 13.5 Å². The van der Waals surface area contributed by atoms with Crippen LogP contribution in [0.25, 0.3) is 11.0 Å². The second kappa shape index (κ2) is 4.56. The molecule has 1 saturated carbocycles. The lowest BCUT2D eigenvalue weighted by atomic mass is 10.2. The quantitative estimate of drug-likeness (QED) is 0.919. The summed E-state index contributed by atoms with van der Waals surface area (Å²) in [7, 11) is 2.08. The van der Waals surface area contributed by atoms with Crippen LogP contribution in [0.4, 0.5) is 0 Å². The van der Waals surface area contributed by atoms with Gasteiger partial charge >= 0.3 is 0 Å². The van der Waals surface area contributed by atoms with Gasteiger partial charge in [0.2, 0.25) is 0 Å². The summed E-state index contributed by atoms with van der Waals surface area (Å²) in [6.07, 6.45) is 3.63. The van der Waals surface area contributed by atoms with Gasteiger partial charge in [-0.05, 0) is 37.5 Å². The number of imidazole rings is 1. The predicted molar refractivity (Wildman–Crippen MR) is 75.2 cm³/mol. The molecule has 1 fully saturated rings. The van der Waals surface area contributed by atoms with Crippen LogP contribution in [0, 0.1) is 6.92 Å². The third-order valence-electron chi connectivity index (χ3n) is 3.69. The van der Waals surface area contributed by atoms with E-state index < -0.39 is 0 Å². The summed E-state index contributed by atoms with van der Waals surface area (Å²) >= 11 is 6.14. The number of nitrogens with zero attached hydrogens (tertiary/aromatic N) is 2. The summed E-state index contributed by atoms with van der Waals surface area (Å²) in [5, 5.41) is 4.32. The molecule has 1 aromatic heterocycles. The van der Waals surface area contributed by atoms with E-state index in [0.717, 1.165) is 40.9 Å². The summed E-state index contributed by atoms with van der Waals surface area (Å²) < 4.78 is 2.17. The number of nitrogens with one attached hydrogen (secondary N) is 1. The minimum atomic E-state index is 0.760. The van der Waals surface area contributed by atoms with Crippen molar-refractivity contribution in [1.29, 1.82) is 0 Å². The Morgan fingerprint density at radius 1 is 1.44 bits per heavy atom. The highest BCUT2D eigenvalue weighted by atomic mass is 35.5. The van der Waals surface area contributed by atoms with Gasteiger partial charge in [0, 0.05) is 31.1 Å². The SMILES string of the molecule is Cc1c(Cl)ccc2c1nc(CCNC1CC1)n2C. The average Bonchev–Trinajstić information content (AvgIpc) is 3.11. The Bertz CT molecular complexity index is 584. The zero-order valence-electron chi connectivity index (χ0n) is 10.8. The van der Waals surface area contributed by atoms with Crippen molar-refractivity contribution in [3.8, 4) is 0 Å². The molecule has 3 nitrogen and oxygen atoms in total. The number of aryl methyl sites for hydroxylation is 2. The van der Waals surface area contributed by atoms with Crippen LogP contribution in [-0.4, -0.2) is 22.1 Å². The molecule has 4 heteroatoms. The molecule has 96 valence electrons. The number of hydrogen-bond donors (Lipinski definition) is 1. The predicted octanol–water partition coefficient (Wildman–Crippen LogP) is 2.83. The molecular formula is C14H18ClN3. The van der Waals surface area contributed by atoms with Gasteiger partial charge in [-0.15, -0.1) is 0 Å². The molecule has 1 heterocycles. The molecule has 0 atom stereocenters. The highest BCUT2D eigenvalue weighted by Gasteiger charge is 2.20. The highest BCUT2D eigenvalue weighted by molar-refractivity contribution is 6.32. The molecule has 1 aromatic carbocycles. The van der Waals surface area contributed by atoms with Gasteiger partial charge < -0.3 is 9.88 Å². The van der Waals surface area contributed by atoms with Crippen molar-refractivity contribution >= 4 is 22.6 Å².